The molecule has 3 heteroatoms. The summed E-state index contributed by atoms with van der Waals surface area (Å²) in [5, 5.41) is 25.7. The Hall–Kier alpha value is -6.16. The summed E-state index contributed by atoms with van der Waals surface area (Å²) in [6, 6.07) is 51.3. The zero-order valence-electron chi connectivity index (χ0n) is 23.1. The third kappa shape index (κ3) is 3.88. The van der Waals surface area contributed by atoms with Gasteiger partial charge in [-0.1, -0.05) is 103 Å². The Morgan fingerprint density at radius 3 is 2.09 bits per heavy atom. The molecule has 0 bridgehead atoms. The third-order valence-electron chi connectivity index (χ3n) is 8.44. The van der Waals surface area contributed by atoms with E-state index in [1.165, 1.54) is 49.1 Å². The Kier molecular flexibility index (Phi) is 5.58. The van der Waals surface area contributed by atoms with Gasteiger partial charge in [-0.15, -0.1) is 0 Å². The fraction of sp³-hybridized carbons (Fsp3) is 0. The molecule has 3 nitrogen and oxygen atoms in total. The van der Waals surface area contributed by atoms with E-state index in [1.54, 1.807) is 6.08 Å². The van der Waals surface area contributed by atoms with Crippen LogP contribution >= 0.6 is 0 Å². The highest BCUT2D eigenvalue weighted by atomic mass is 15.2. The van der Waals surface area contributed by atoms with E-state index in [0.29, 0.717) is 0 Å². The van der Waals surface area contributed by atoms with Gasteiger partial charge in [-0.25, -0.2) is 0 Å². The molecule has 0 saturated carbocycles. The Balaban J connectivity index is 1.40. The molecule has 43 heavy (non-hydrogen) atoms. The number of para-hydroxylation sites is 1. The minimum absolute atomic E-state index is 0.0920. The van der Waals surface area contributed by atoms with Crippen LogP contribution in [0.1, 0.15) is 5.56 Å². The lowest BCUT2D eigenvalue weighted by Crippen LogP contribution is -2.15. The van der Waals surface area contributed by atoms with Crippen molar-refractivity contribution in [3.63, 3.8) is 0 Å². The molecule has 0 aliphatic carbocycles. The molecule has 0 atom stereocenters. The zero-order chi connectivity index (χ0) is 28.9. The largest absolute Gasteiger partial charge is 0.309 e. The van der Waals surface area contributed by atoms with Crippen LogP contribution in [0.4, 0.5) is 17.1 Å². The number of anilines is 3. The average molecular weight is 546 g/mol. The van der Waals surface area contributed by atoms with Crippen LogP contribution in [0, 0.1) is 22.7 Å². The predicted molar refractivity (Wildman–Crippen MR) is 177 cm³/mol. The maximum Gasteiger partial charge on any atom is 0.130 e. The van der Waals surface area contributed by atoms with E-state index in [9.17, 15) is 0 Å². The first-order valence-electron chi connectivity index (χ1n) is 14.2. The summed E-state index contributed by atoms with van der Waals surface area (Å²) in [5.74, 6) is 0. The molecule has 0 spiro atoms. The highest BCUT2D eigenvalue weighted by molar-refractivity contribution is 6.20. The number of hydrogen-bond donors (Lipinski definition) is 0. The van der Waals surface area contributed by atoms with Gasteiger partial charge in [0.05, 0.1) is 11.4 Å². The number of nitriles is 2. The van der Waals surface area contributed by atoms with Gasteiger partial charge in [-0.2, -0.15) is 10.5 Å². The van der Waals surface area contributed by atoms with Crippen molar-refractivity contribution in [2.75, 3.05) is 4.90 Å². The number of nitrogens with zero attached hydrogens (tertiary/aromatic N) is 3. The van der Waals surface area contributed by atoms with Crippen molar-refractivity contribution < 1.29 is 0 Å². The number of rotatable bonds is 3. The normalized spacial score (nSPS) is 11.6. The monoisotopic (exact) mass is 545 g/mol. The summed E-state index contributed by atoms with van der Waals surface area (Å²) in [4.78, 5) is 2.39. The number of hydrogen-bond acceptors (Lipinski definition) is 3. The molecule has 8 rings (SSSR count). The van der Waals surface area contributed by atoms with Gasteiger partial charge in [0.2, 0.25) is 0 Å². The van der Waals surface area contributed by atoms with Gasteiger partial charge in [0.15, 0.2) is 0 Å². The summed E-state index contributed by atoms with van der Waals surface area (Å²) in [5.41, 5.74) is 9.01. The number of fused-ring (bicyclic) bond motifs is 5. The Labute approximate surface area is 249 Å². The van der Waals surface area contributed by atoms with Crippen LogP contribution in [0.2, 0.25) is 0 Å². The fourth-order valence-electron chi connectivity index (χ4n) is 6.49. The lowest BCUT2D eigenvalue weighted by Gasteiger charge is -2.34. The van der Waals surface area contributed by atoms with Crippen LogP contribution in [-0.2, 0) is 0 Å². The number of allylic oxidation sites excluding steroid dienone is 1. The molecule has 0 aromatic heterocycles. The van der Waals surface area contributed by atoms with E-state index in [4.69, 9.17) is 10.5 Å². The standard InChI is InChI=1S/C40H23N3/c41-24-27(25-42)21-26-13-15-29(16-14-26)33-19-20-38-40-34(33)11-6-12-35(40)37-23-36-30(18-17-28-7-4-5-10-32(28)36)22-39(37)43(38)31-8-2-1-3-9-31/h1-23H. The molecule has 0 fully saturated rings. The summed E-state index contributed by atoms with van der Waals surface area (Å²) >= 11 is 0. The van der Waals surface area contributed by atoms with Crippen LogP contribution in [0.25, 0.3) is 60.6 Å². The van der Waals surface area contributed by atoms with Gasteiger partial charge in [0, 0.05) is 16.6 Å². The second-order valence-electron chi connectivity index (χ2n) is 10.8. The van der Waals surface area contributed by atoms with E-state index >= 15 is 0 Å². The van der Waals surface area contributed by atoms with E-state index in [1.807, 2.05) is 24.3 Å². The Bertz CT molecular complexity index is 2340. The average Bonchev–Trinajstić information content (AvgIpc) is 3.07. The van der Waals surface area contributed by atoms with Gasteiger partial charge in [0.25, 0.3) is 0 Å². The quantitative estimate of drug-likeness (QED) is 0.164. The van der Waals surface area contributed by atoms with Gasteiger partial charge in [-0.3, -0.25) is 0 Å². The smallest absolute Gasteiger partial charge is 0.130 e. The van der Waals surface area contributed by atoms with Crippen molar-refractivity contribution in [2.24, 2.45) is 0 Å². The predicted octanol–water partition coefficient (Wildman–Crippen LogP) is 10.7. The molecule has 0 N–H and O–H groups in total. The molecule has 0 unspecified atom stereocenters. The van der Waals surface area contributed by atoms with Gasteiger partial charge >= 0.3 is 0 Å². The van der Waals surface area contributed by atoms with Crippen molar-refractivity contribution in [1.82, 2.24) is 0 Å². The second kappa shape index (κ2) is 9.74. The van der Waals surface area contributed by atoms with E-state index in [0.717, 1.165) is 28.1 Å². The van der Waals surface area contributed by atoms with Crippen LogP contribution in [0.15, 0.2) is 139 Å². The van der Waals surface area contributed by atoms with Crippen molar-refractivity contribution in [3.8, 4) is 34.4 Å². The van der Waals surface area contributed by atoms with Crippen LogP contribution in [0.5, 0.6) is 0 Å². The first-order valence-corrected chi connectivity index (χ1v) is 14.2. The first-order chi connectivity index (χ1) is 21.2. The number of benzene rings is 7. The SMILES string of the molecule is N#CC(C#N)=Cc1ccc(-c2ccc3c4c(cccc24)-c2cc4c(ccc5ccccc54)cc2N3c2ccccc2)cc1. The van der Waals surface area contributed by atoms with Crippen LogP contribution in [-0.4, -0.2) is 0 Å². The van der Waals surface area contributed by atoms with Crippen molar-refractivity contribution in [2.45, 2.75) is 0 Å². The molecule has 0 radical (unpaired) electrons. The molecule has 7 aromatic carbocycles. The van der Waals surface area contributed by atoms with E-state index in [-0.39, 0.29) is 5.57 Å². The highest BCUT2D eigenvalue weighted by Crippen LogP contribution is 2.53. The molecule has 0 saturated heterocycles. The molecule has 1 aliphatic rings. The highest BCUT2D eigenvalue weighted by Gasteiger charge is 2.27. The zero-order valence-corrected chi connectivity index (χ0v) is 23.1. The third-order valence-corrected chi connectivity index (χ3v) is 8.44. The molecular weight excluding hydrogens is 522 g/mol. The van der Waals surface area contributed by atoms with Gasteiger partial charge in [-0.05, 0) is 85.6 Å². The lowest BCUT2D eigenvalue weighted by molar-refractivity contribution is 1.29. The maximum atomic E-state index is 9.16. The van der Waals surface area contributed by atoms with Crippen molar-refractivity contribution in [3.05, 3.63) is 145 Å². The first kappa shape index (κ1) is 24.6. The van der Waals surface area contributed by atoms with Crippen molar-refractivity contribution in [1.29, 1.82) is 10.5 Å². The second-order valence-corrected chi connectivity index (χ2v) is 10.8. The van der Waals surface area contributed by atoms with Crippen LogP contribution in [0.3, 0.4) is 0 Å². The van der Waals surface area contributed by atoms with Crippen molar-refractivity contribution >= 4 is 55.5 Å². The molecule has 198 valence electrons. The summed E-state index contributed by atoms with van der Waals surface area (Å²) in [7, 11) is 0. The van der Waals surface area contributed by atoms with E-state index in [2.05, 4.69) is 126 Å². The lowest BCUT2D eigenvalue weighted by atomic mass is 9.86. The van der Waals surface area contributed by atoms with Gasteiger partial charge in [0.1, 0.15) is 17.7 Å². The van der Waals surface area contributed by atoms with Gasteiger partial charge < -0.3 is 4.90 Å². The molecule has 7 aromatic rings. The molecular formula is C40H23N3. The summed E-state index contributed by atoms with van der Waals surface area (Å²) in [6.07, 6.45) is 1.62. The van der Waals surface area contributed by atoms with Crippen LogP contribution < -0.4 is 4.90 Å². The Morgan fingerprint density at radius 2 is 1.28 bits per heavy atom. The topological polar surface area (TPSA) is 50.8 Å². The molecule has 0 amide bonds. The maximum absolute atomic E-state index is 9.16. The minimum Gasteiger partial charge on any atom is -0.309 e. The minimum atomic E-state index is 0.0920. The summed E-state index contributed by atoms with van der Waals surface area (Å²) < 4.78 is 0. The summed E-state index contributed by atoms with van der Waals surface area (Å²) in [6.45, 7) is 0. The molecule has 1 aliphatic heterocycles. The Morgan fingerprint density at radius 1 is 0.535 bits per heavy atom. The molecule has 1 heterocycles. The fourth-order valence-corrected chi connectivity index (χ4v) is 6.49. The van der Waals surface area contributed by atoms with E-state index < -0.39 is 0 Å².